The summed E-state index contributed by atoms with van der Waals surface area (Å²) in [7, 11) is 0. The molecule has 1 amide bonds. The molecule has 1 N–H and O–H groups in total. The molecule has 1 aliphatic rings. The maximum atomic E-state index is 12.0. The highest BCUT2D eigenvalue weighted by molar-refractivity contribution is 6.42. The topological polar surface area (TPSA) is 60.9 Å². The number of carbonyl (C=O) groups excluding carboxylic acids is 1. The minimum Gasteiger partial charge on any atom is -0.481 e. The normalized spacial score (nSPS) is 15.0. The van der Waals surface area contributed by atoms with E-state index in [4.69, 9.17) is 28.3 Å². The molecule has 0 aromatic heterocycles. The Labute approximate surface area is 139 Å². The molecule has 0 unspecified atom stereocenters. The van der Waals surface area contributed by atoms with E-state index in [-0.39, 0.29) is 12.3 Å². The smallest absolute Gasteiger partial charge is 0.303 e. The summed E-state index contributed by atoms with van der Waals surface area (Å²) in [6, 6.07) is 5.51. The van der Waals surface area contributed by atoms with Crippen molar-refractivity contribution in [1.82, 2.24) is 4.90 Å². The number of nitrogens with zero attached hydrogens (tertiary/aromatic N) is 2. The van der Waals surface area contributed by atoms with Gasteiger partial charge in [0.15, 0.2) is 0 Å². The van der Waals surface area contributed by atoms with E-state index in [1.54, 1.807) is 11.0 Å². The summed E-state index contributed by atoms with van der Waals surface area (Å²) in [4.78, 5) is 26.4. The van der Waals surface area contributed by atoms with Gasteiger partial charge in [0, 0.05) is 44.7 Å². The maximum absolute atomic E-state index is 12.0. The van der Waals surface area contributed by atoms with Crippen molar-refractivity contribution in [3.63, 3.8) is 0 Å². The minimum absolute atomic E-state index is 0.0232. The van der Waals surface area contributed by atoms with Crippen molar-refractivity contribution in [3.05, 3.63) is 28.2 Å². The summed E-state index contributed by atoms with van der Waals surface area (Å²) >= 11 is 11.9. The van der Waals surface area contributed by atoms with Crippen molar-refractivity contribution in [3.8, 4) is 0 Å². The summed E-state index contributed by atoms with van der Waals surface area (Å²) in [6.45, 7) is 2.71. The minimum atomic E-state index is -0.864. The predicted octanol–water partition coefficient (Wildman–Crippen LogP) is 2.90. The molecule has 0 aliphatic carbocycles. The molecular weight excluding hydrogens is 327 g/mol. The predicted molar refractivity (Wildman–Crippen MR) is 86.7 cm³/mol. The number of carbonyl (C=O) groups is 2. The Morgan fingerprint density at radius 1 is 1.05 bits per heavy atom. The fourth-order valence-electron chi connectivity index (χ4n) is 2.44. The second-order valence-electron chi connectivity index (χ2n) is 5.21. The second kappa shape index (κ2) is 7.70. The van der Waals surface area contributed by atoms with Gasteiger partial charge in [0.2, 0.25) is 5.91 Å². The van der Waals surface area contributed by atoms with Crippen LogP contribution < -0.4 is 4.90 Å². The molecule has 7 heteroatoms. The van der Waals surface area contributed by atoms with Gasteiger partial charge in [-0.1, -0.05) is 23.2 Å². The van der Waals surface area contributed by atoms with Crippen LogP contribution in [0.25, 0.3) is 0 Å². The highest BCUT2D eigenvalue weighted by Gasteiger charge is 2.21. The van der Waals surface area contributed by atoms with E-state index in [9.17, 15) is 9.59 Å². The summed E-state index contributed by atoms with van der Waals surface area (Å²) in [5.74, 6) is -0.840. The first-order valence-electron chi connectivity index (χ1n) is 7.17. The van der Waals surface area contributed by atoms with Gasteiger partial charge in [-0.15, -0.1) is 0 Å². The number of rotatable bonds is 5. The van der Waals surface area contributed by atoms with Crippen molar-refractivity contribution >= 4 is 40.8 Å². The monoisotopic (exact) mass is 344 g/mol. The van der Waals surface area contributed by atoms with Crippen LogP contribution in [0, 0.1) is 0 Å². The first-order chi connectivity index (χ1) is 10.5. The highest BCUT2D eigenvalue weighted by atomic mass is 35.5. The first kappa shape index (κ1) is 16.9. The third-order valence-electron chi connectivity index (χ3n) is 3.68. The summed E-state index contributed by atoms with van der Waals surface area (Å²) in [5.41, 5.74) is 0.993. The van der Waals surface area contributed by atoms with Crippen LogP contribution in [0.15, 0.2) is 18.2 Å². The lowest BCUT2D eigenvalue weighted by atomic mass is 10.2. The van der Waals surface area contributed by atoms with Crippen LogP contribution in [0.5, 0.6) is 0 Å². The van der Waals surface area contributed by atoms with Crippen LogP contribution in [0.1, 0.15) is 19.3 Å². The molecule has 22 heavy (non-hydrogen) atoms. The Morgan fingerprint density at radius 2 is 1.73 bits per heavy atom. The van der Waals surface area contributed by atoms with E-state index < -0.39 is 5.97 Å². The quantitative estimate of drug-likeness (QED) is 0.891. The molecule has 0 spiro atoms. The lowest BCUT2D eigenvalue weighted by Gasteiger charge is -2.36. The van der Waals surface area contributed by atoms with Gasteiger partial charge < -0.3 is 14.9 Å². The molecule has 1 fully saturated rings. The fraction of sp³-hybridized carbons (Fsp3) is 0.467. The number of hydrogen-bond acceptors (Lipinski definition) is 3. The van der Waals surface area contributed by atoms with Crippen molar-refractivity contribution < 1.29 is 14.7 Å². The number of benzene rings is 1. The van der Waals surface area contributed by atoms with Crippen LogP contribution in [0.4, 0.5) is 5.69 Å². The molecule has 0 atom stereocenters. The standard InChI is InChI=1S/C15H18Cl2N2O3/c16-12-5-4-11(10-13(12)17)18-6-8-19(9-7-18)14(20)2-1-3-15(21)22/h4-5,10H,1-3,6-9H2,(H,21,22). The Morgan fingerprint density at radius 3 is 2.32 bits per heavy atom. The van der Waals surface area contributed by atoms with Crippen molar-refractivity contribution in [1.29, 1.82) is 0 Å². The van der Waals surface area contributed by atoms with Crippen molar-refractivity contribution in [2.75, 3.05) is 31.1 Å². The molecule has 1 aromatic carbocycles. The summed E-state index contributed by atoms with van der Waals surface area (Å²) < 4.78 is 0. The summed E-state index contributed by atoms with van der Waals surface area (Å²) in [5, 5.41) is 9.63. The number of carboxylic acids is 1. The Hall–Kier alpha value is -1.46. The maximum Gasteiger partial charge on any atom is 0.303 e. The Bertz CT molecular complexity index is 558. The van der Waals surface area contributed by atoms with Crippen LogP contribution in [-0.2, 0) is 9.59 Å². The van der Waals surface area contributed by atoms with Gasteiger partial charge >= 0.3 is 5.97 Å². The molecule has 2 rings (SSSR count). The lowest BCUT2D eigenvalue weighted by Crippen LogP contribution is -2.48. The average Bonchev–Trinajstić information content (AvgIpc) is 2.50. The zero-order valence-corrected chi connectivity index (χ0v) is 13.6. The number of halogens is 2. The fourth-order valence-corrected chi connectivity index (χ4v) is 2.74. The zero-order valence-electron chi connectivity index (χ0n) is 12.1. The SMILES string of the molecule is O=C(O)CCCC(=O)N1CCN(c2ccc(Cl)c(Cl)c2)CC1. The molecule has 5 nitrogen and oxygen atoms in total. The lowest BCUT2D eigenvalue weighted by molar-refractivity contribution is -0.137. The zero-order chi connectivity index (χ0) is 16.1. The number of aliphatic carboxylic acids is 1. The first-order valence-corrected chi connectivity index (χ1v) is 7.92. The highest BCUT2D eigenvalue weighted by Crippen LogP contribution is 2.27. The number of hydrogen-bond donors (Lipinski definition) is 1. The van der Waals surface area contributed by atoms with Gasteiger partial charge in [0.05, 0.1) is 10.0 Å². The van der Waals surface area contributed by atoms with Crippen molar-refractivity contribution in [2.24, 2.45) is 0 Å². The van der Waals surface area contributed by atoms with E-state index in [0.29, 0.717) is 36.0 Å². The van der Waals surface area contributed by atoms with Gasteiger partial charge in [-0.25, -0.2) is 0 Å². The van der Waals surface area contributed by atoms with Crippen LogP contribution >= 0.6 is 23.2 Å². The van der Waals surface area contributed by atoms with E-state index in [2.05, 4.69) is 4.90 Å². The van der Waals surface area contributed by atoms with Crippen molar-refractivity contribution in [2.45, 2.75) is 19.3 Å². The molecular formula is C15H18Cl2N2O3. The third kappa shape index (κ3) is 4.52. The molecule has 120 valence electrons. The molecule has 1 heterocycles. The molecule has 1 aromatic rings. The molecule has 1 saturated heterocycles. The Balaban J connectivity index is 1.83. The number of carboxylic acid groups (broad SMARTS) is 1. The molecule has 0 saturated carbocycles. The number of piperazine rings is 1. The van der Waals surface area contributed by atoms with E-state index in [1.807, 2.05) is 12.1 Å². The molecule has 0 bridgehead atoms. The number of anilines is 1. The van der Waals surface area contributed by atoms with Gasteiger partial charge in [-0.2, -0.15) is 0 Å². The van der Waals surface area contributed by atoms with Gasteiger partial charge in [-0.05, 0) is 24.6 Å². The van der Waals surface area contributed by atoms with E-state index in [1.165, 1.54) is 0 Å². The van der Waals surface area contributed by atoms with Crippen LogP contribution in [0.2, 0.25) is 10.0 Å². The average molecular weight is 345 g/mol. The summed E-state index contributed by atoms with van der Waals surface area (Å²) in [6.07, 6.45) is 0.717. The van der Waals surface area contributed by atoms with E-state index >= 15 is 0 Å². The largest absolute Gasteiger partial charge is 0.481 e. The van der Waals surface area contributed by atoms with E-state index in [0.717, 1.165) is 18.8 Å². The molecule has 1 aliphatic heterocycles. The van der Waals surface area contributed by atoms with Gasteiger partial charge in [-0.3, -0.25) is 9.59 Å². The van der Waals surface area contributed by atoms with Crippen LogP contribution in [0.3, 0.4) is 0 Å². The Kier molecular flexibility index (Phi) is 5.91. The van der Waals surface area contributed by atoms with Gasteiger partial charge in [0.1, 0.15) is 0 Å². The molecule has 0 radical (unpaired) electrons. The second-order valence-corrected chi connectivity index (χ2v) is 6.03. The van der Waals surface area contributed by atoms with Gasteiger partial charge in [0.25, 0.3) is 0 Å². The third-order valence-corrected chi connectivity index (χ3v) is 4.42. The number of amides is 1. The van der Waals surface area contributed by atoms with Crippen LogP contribution in [-0.4, -0.2) is 48.1 Å².